The van der Waals surface area contributed by atoms with Crippen LogP contribution in [0.5, 0.6) is 0 Å². The molecule has 0 radical (unpaired) electrons. The van der Waals surface area contributed by atoms with Crippen LogP contribution in [0.3, 0.4) is 0 Å². The Morgan fingerprint density at radius 1 is 0.909 bits per heavy atom. The van der Waals surface area contributed by atoms with Crippen LogP contribution in [0, 0.1) is 11.3 Å². The SMILES string of the molecule is CC(C)CN1[C@H](C)CC(N2CC3(CN(C(C)C)C3)C2)C[C@@H]1C. The standard InChI is InChI=1S/C19H37N3/c1-14(2)9-22-16(5)7-18(8-17(22)6)21-12-19(13-21)10-20(11-19)15(3)4/h14-18H,7-13H2,1-6H3/t16-,17+,18?. The molecule has 0 saturated carbocycles. The molecule has 3 rings (SSSR count). The van der Waals surface area contributed by atoms with Crippen molar-refractivity contribution in [3.05, 3.63) is 0 Å². The van der Waals surface area contributed by atoms with Crippen LogP contribution in [-0.2, 0) is 0 Å². The summed E-state index contributed by atoms with van der Waals surface area (Å²) in [5.74, 6) is 0.783. The quantitative estimate of drug-likeness (QED) is 0.791. The van der Waals surface area contributed by atoms with E-state index in [0.717, 1.165) is 30.1 Å². The lowest BCUT2D eigenvalue weighted by molar-refractivity contribution is -0.150. The van der Waals surface area contributed by atoms with Crippen LogP contribution >= 0.6 is 0 Å². The van der Waals surface area contributed by atoms with Crippen molar-refractivity contribution in [3.63, 3.8) is 0 Å². The van der Waals surface area contributed by atoms with Crippen molar-refractivity contribution in [3.8, 4) is 0 Å². The van der Waals surface area contributed by atoms with E-state index in [0.29, 0.717) is 5.41 Å². The van der Waals surface area contributed by atoms with Crippen molar-refractivity contribution >= 4 is 0 Å². The van der Waals surface area contributed by atoms with Gasteiger partial charge in [-0.15, -0.1) is 0 Å². The maximum Gasteiger partial charge on any atom is 0.0212 e. The fraction of sp³-hybridized carbons (Fsp3) is 1.00. The number of piperidine rings is 1. The Labute approximate surface area is 138 Å². The highest BCUT2D eigenvalue weighted by Crippen LogP contribution is 2.43. The van der Waals surface area contributed by atoms with Crippen molar-refractivity contribution in [2.45, 2.75) is 78.6 Å². The normalized spacial score (nSPS) is 36.8. The summed E-state index contributed by atoms with van der Waals surface area (Å²) in [5, 5.41) is 0. The van der Waals surface area contributed by atoms with Gasteiger partial charge >= 0.3 is 0 Å². The molecule has 3 aliphatic heterocycles. The van der Waals surface area contributed by atoms with E-state index in [4.69, 9.17) is 0 Å². The first kappa shape index (κ1) is 16.7. The van der Waals surface area contributed by atoms with Gasteiger partial charge < -0.3 is 0 Å². The molecular weight excluding hydrogens is 270 g/mol. The third-order valence-electron chi connectivity index (χ3n) is 6.34. The predicted octanol–water partition coefficient (Wildman–Crippen LogP) is 2.91. The summed E-state index contributed by atoms with van der Waals surface area (Å²) < 4.78 is 0. The van der Waals surface area contributed by atoms with Crippen LogP contribution in [0.15, 0.2) is 0 Å². The van der Waals surface area contributed by atoms with Gasteiger partial charge in [-0.1, -0.05) is 13.8 Å². The minimum absolute atomic E-state index is 0.672. The number of nitrogens with zero attached hydrogens (tertiary/aromatic N) is 3. The summed E-state index contributed by atoms with van der Waals surface area (Å²) in [6, 6.07) is 3.08. The third kappa shape index (κ3) is 3.09. The van der Waals surface area contributed by atoms with E-state index in [1.54, 1.807) is 0 Å². The van der Waals surface area contributed by atoms with E-state index in [2.05, 4.69) is 56.2 Å². The number of hydrogen-bond donors (Lipinski definition) is 0. The first-order valence-corrected chi connectivity index (χ1v) is 9.53. The smallest absolute Gasteiger partial charge is 0.0212 e. The minimum atomic E-state index is 0.672. The Bertz CT molecular complexity index is 366. The molecule has 1 spiro atoms. The third-order valence-corrected chi connectivity index (χ3v) is 6.34. The van der Waals surface area contributed by atoms with Crippen molar-refractivity contribution in [2.75, 3.05) is 32.7 Å². The fourth-order valence-electron chi connectivity index (χ4n) is 5.12. The Kier molecular flexibility index (Phi) is 4.61. The molecule has 0 amide bonds. The van der Waals surface area contributed by atoms with Crippen molar-refractivity contribution in [2.24, 2.45) is 11.3 Å². The van der Waals surface area contributed by atoms with Crippen LogP contribution in [-0.4, -0.2) is 71.6 Å². The lowest BCUT2D eigenvalue weighted by Crippen LogP contribution is -2.75. The summed E-state index contributed by atoms with van der Waals surface area (Å²) in [5.41, 5.74) is 0.672. The molecule has 0 aromatic carbocycles. The second-order valence-electron chi connectivity index (χ2n) is 9.32. The van der Waals surface area contributed by atoms with E-state index in [9.17, 15) is 0 Å². The zero-order valence-corrected chi connectivity index (χ0v) is 15.7. The van der Waals surface area contributed by atoms with Gasteiger partial charge in [-0.3, -0.25) is 14.7 Å². The molecule has 22 heavy (non-hydrogen) atoms. The fourth-order valence-corrected chi connectivity index (χ4v) is 5.12. The van der Waals surface area contributed by atoms with Crippen molar-refractivity contribution in [1.82, 2.24) is 14.7 Å². The zero-order valence-electron chi connectivity index (χ0n) is 15.7. The first-order valence-electron chi connectivity index (χ1n) is 9.53. The maximum absolute atomic E-state index is 2.80. The van der Waals surface area contributed by atoms with Gasteiger partial charge in [-0.25, -0.2) is 0 Å². The summed E-state index contributed by atoms with van der Waals surface area (Å²) >= 11 is 0. The number of rotatable bonds is 4. The maximum atomic E-state index is 2.80. The molecule has 0 aliphatic carbocycles. The van der Waals surface area contributed by atoms with E-state index >= 15 is 0 Å². The van der Waals surface area contributed by atoms with Gasteiger partial charge in [0.2, 0.25) is 0 Å². The molecule has 3 fully saturated rings. The van der Waals surface area contributed by atoms with Gasteiger partial charge in [0.15, 0.2) is 0 Å². The van der Waals surface area contributed by atoms with Gasteiger partial charge in [0.25, 0.3) is 0 Å². The van der Waals surface area contributed by atoms with Crippen LogP contribution in [0.2, 0.25) is 0 Å². The second kappa shape index (κ2) is 6.07. The summed E-state index contributed by atoms with van der Waals surface area (Å²) in [6.07, 6.45) is 2.75. The van der Waals surface area contributed by atoms with Gasteiger partial charge in [0.1, 0.15) is 0 Å². The van der Waals surface area contributed by atoms with Crippen LogP contribution in [0.1, 0.15) is 54.4 Å². The summed E-state index contributed by atoms with van der Waals surface area (Å²) in [4.78, 5) is 8.19. The molecule has 0 aromatic rings. The molecule has 1 unspecified atom stereocenters. The van der Waals surface area contributed by atoms with Gasteiger partial charge in [-0.2, -0.15) is 0 Å². The highest BCUT2D eigenvalue weighted by Gasteiger charge is 2.54. The van der Waals surface area contributed by atoms with Gasteiger partial charge in [0.05, 0.1) is 0 Å². The monoisotopic (exact) mass is 307 g/mol. The van der Waals surface area contributed by atoms with E-state index in [1.807, 2.05) is 0 Å². The summed E-state index contributed by atoms with van der Waals surface area (Å²) in [7, 11) is 0. The number of hydrogen-bond acceptors (Lipinski definition) is 3. The molecule has 3 saturated heterocycles. The molecular formula is C19H37N3. The predicted molar refractivity (Wildman–Crippen MR) is 94.2 cm³/mol. The van der Waals surface area contributed by atoms with Gasteiger partial charge in [-0.05, 0) is 46.5 Å². The average Bonchev–Trinajstić information content (AvgIpc) is 2.29. The lowest BCUT2D eigenvalue weighted by Gasteiger charge is -2.64. The highest BCUT2D eigenvalue weighted by molar-refractivity contribution is 5.08. The lowest BCUT2D eigenvalue weighted by atomic mass is 9.70. The van der Waals surface area contributed by atoms with Crippen molar-refractivity contribution in [1.29, 1.82) is 0 Å². The molecule has 0 N–H and O–H groups in total. The van der Waals surface area contributed by atoms with Crippen LogP contribution in [0.4, 0.5) is 0 Å². The Morgan fingerprint density at radius 2 is 1.45 bits per heavy atom. The summed E-state index contributed by atoms with van der Waals surface area (Å²) in [6.45, 7) is 20.9. The molecule has 128 valence electrons. The Morgan fingerprint density at radius 3 is 1.91 bits per heavy atom. The minimum Gasteiger partial charge on any atom is -0.300 e. The topological polar surface area (TPSA) is 9.72 Å². The van der Waals surface area contributed by atoms with Crippen LogP contribution in [0.25, 0.3) is 0 Å². The number of likely N-dealkylation sites (tertiary alicyclic amines) is 3. The molecule has 3 aliphatic rings. The van der Waals surface area contributed by atoms with Crippen LogP contribution < -0.4 is 0 Å². The first-order chi connectivity index (χ1) is 10.3. The molecule has 0 bridgehead atoms. The molecule has 3 atom stereocenters. The molecule has 3 heteroatoms. The second-order valence-corrected chi connectivity index (χ2v) is 9.32. The Balaban J connectivity index is 1.48. The Hall–Kier alpha value is -0.120. The molecule has 3 heterocycles. The molecule has 0 aromatic heterocycles. The zero-order chi connectivity index (χ0) is 16.1. The molecule has 3 nitrogen and oxygen atoms in total. The van der Waals surface area contributed by atoms with E-state index in [1.165, 1.54) is 45.6 Å². The van der Waals surface area contributed by atoms with Gasteiger partial charge in [0, 0.05) is 62.3 Å². The van der Waals surface area contributed by atoms with E-state index in [-0.39, 0.29) is 0 Å². The highest BCUT2D eigenvalue weighted by atomic mass is 15.3. The average molecular weight is 308 g/mol. The van der Waals surface area contributed by atoms with Crippen molar-refractivity contribution < 1.29 is 0 Å². The van der Waals surface area contributed by atoms with E-state index < -0.39 is 0 Å². The largest absolute Gasteiger partial charge is 0.300 e.